The third kappa shape index (κ3) is 7.12. The number of hydrogen-bond acceptors (Lipinski definition) is 6. The fourth-order valence-electron chi connectivity index (χ4n) is 7.93. The molecule has 2 aromatic rings. The Balaban J connectivity index is 1.27. The molecular formula is C37H45ClF2N4O5S. The number of anilines is 1. The summed E-state index contributed by atoms with van der Waals surface area (Å²) in [5, 5.41) is 0.690. The number of rotatable bonds is 2. The lowest BCUT2D eigenvalue weighted by Crippen LogP contribution is -2.58. The van der Waals surface area contributed by atoms with Crippen LogP contribution in [0.4, 0.5) is 19.3 Å². The van der Waals surface area contributed by atoms with Crippen LogP contribution in [-0.4, -0.2) is 72.2 Å². The number of allylic oxidation sites excluding steroid dienone is 1. The van der Waals surface area contributed by atoms with E-state index in [2.05, 4.69) is 26.1 Å². The van der Waals surface area contributed by atoms with Gasteiger partial charge in [-0.2, -0.15) is 0 Å². The van der Waals surface area contributed by atoms with Crippen molar-refractivity contribution in [1.82, 2.24) is 9.62 Å². The van der Waals surface area contributed by atoms with Crippen molar-refractivity contribution in [1.29, 1.82) is 0 Å². The molecule has 3 fully saturated rings. The molecule has 0 radical (unpaired) electrons. The van der Waals surface area contributed by atoms with E-state index in [1.807, 2.05) is 25.1 Å². The molecular weight excluding hydrogens is 686 g/mol. The van der Waals surface area contributed by atoms with E-state index in [9.17, 15) is 22.6 Å². The molecule has 1 N–H and O–H groups in total. The SMILES string of the molecule is CO[C@H]1/C=C/C[C@H](C)CS(=O)(NC(=O)N2CC3(C2)CC3(F)F)=NC(=O)c2ccc3c(c2)N(Cc2ccc(Cl)cc2CCCCO3)C[C@@H]2CC[C@H]21. The number of fused-ring (bicyclic) bond motifs is 3. The second kappa shape index (κ2) is 13.7. The summed E-state index contributed by atoms with van der Waals surface area (Å²) in [6, 6.07) is 10.4. The number of nitrogens with zero attached hydrogens (tertiary/aromatic N) is 3. The molecule has 2 saturated carbocycles. The number of urea groups is 1. The molecule has 1 saturated heterocycles. The Morgan fingerprint density at radius 3 is 2.66 bits per heavy atom. The number of methoxy groups -OCH3 is 1. The number of amides is 3. The zero-order valence-electron chi connectivity index (χ0n) is 28.5. The maximum atomic E-state index is 14.4. The van der Waals surface area contributed by atoms with Gasteiger partial charge < -0.3 is 19.3 Å². The topological polar surface area (TPSA) is 101 Å². The minimum Gasteiger partial charge on any atom is -0.491 e. The van der Waals surface area contributed by atoms with Crippen molar-refractivity contribution in [3.8, 4) is 5.75 Å². The minimum atomic E-state index is -3.64. The molecule has 0 aromatic heterocycles. The van der Waals surface area contributed by atoms with Crippen molar-refractivity contribution in [2.45, 2.75) is 70.4 Å². The molecule has 1 spiro atoms. The minimum absolute atomic E-state index is 0.0901. The van der Waals surface area contributed by atoms with Crippen LogP contribution in [0.25, 0.3) is 0 Å². The van der Waals surface area contributed by atoms with Crippen LogP contribution in [0.3, 0.4) is 0 Å². The van der Waals surface area contributed by atoms with Gasteiger partial charge >= 0.3 is 6.03 Å². The Labute approximate surface area is 298 Å². The van der Waals surface area contributed by atoms with Gasteiger partial charge in [0, 0.05) is 50.3 Å². The number of alkyl halides is 2. The predicted molar refractivity (Wildman–Crippen MR) is 189 cm³/mol. The zero-order chi connectivity index (χ0) is 35.3. The highest BCUT2D eigenvalue weighted by atomic mass is 35.5. The number of nitrogens with one attached hydrogen (secondary N) is 1. The number of carbonyl (C=O) groups excluding carboxylic acids is 2. The monoisotopic (exact) mass is 730 g/mol. The van der Waals surface area contributed by atoms with Gasteiger partial charge in [0.15, 0.2) is 0 Å². The first-order valence-corrected chi connectivity index (χ1v) is 19.7. The van der Waals surface area contributed by atoms with E-state index in [0.29, 0.717) is 42.8 Å². The molecule has 2 aromatic carbocycles. The van der Waals surface area contributed by atoms with Gasteiger partial charge in [0.25, 0.3) is 11.8 Å². The van der Waals surface area contributed by atoms with Crippen molar-refractivity contribution in [2.24, 2.45) is 27.5 Å². The summed E-state index contributed by atoms with van der Waals surface area (Å²) in [5.41, 5.74) is 2.09. The van der Waals surface area contributed by atoms with Crippen LogP contribution < -0.4 is 14.4 Å². The van der Waals surface area contributed by atoms with Crippen molar-refractivity contribution in [2.75, 3.05) is 44.0 Å². The van der Waals surface area contributed by atoms with E-state index >= 15 is 0 Å². The molecule has 7 rings (SSSR count). The molecule has 3 heterocycles. The molecule has 5 aliphatic rings. The second-order valence-corrected chi connectivity index (χ2v) is 17.3. The van der Waals surface area contributed by atoms with Crippen molar-refractivity contribution < 1.29 is 32.1 Å². The summed E-state index contributed by atoms with van der Waals surface area (Å²) in [6.45, 7) is 3.41. The van der Waals surface area contributed by atoms with E-state index in [0.717, 1.165) is 43.4 Å². The quantitative estimate of drug-likeness (QED) is 0.327. The fraction of sp³-hybridized carbons (Fsp3) is 0.568. The molecule has 270 valence electrons. The van der Waals surface area contributed by atoms with Gasteiger partial charge in [0.2, 0.25) is 0 Å². The average molecular weight is 731 g/mol. The highest BCUT2D eigenvalue weighted by Crippen LogP contribution is 2.65. The molecule has 9 nitrogen and oxygen atoms in total. The number of aryl methyl sites for hydroxylation is 1. The summed E-state index contributed by atoms with van der Waals surface area (Å²) in [4.78, 5) is 30.6. The molecule has 3 amide bonds. The zero-order valence-corrected chi connectivity index (χ0v) is 30.1. The van der Waals surface area contributed by atoms with E-state index in [4.69, 9.17) is 21.1 Å². The molecule has 50 heavy (non-hydrogen) atoms. The maximum absolute atomic E-state index is 14.4. The summed E-state index contributed by atoms with van der Waals surface area (Å²) in [7, 11) is -1.92. The Kier molecular flexibility index (Phi) is 9.66. The average Bonchev–Trinajstić information content (AvgIpc) is 3.63. The molecule has 3 aliphatic heterocycles. The third-order valence-corrected chi connectivity index (χ3v) is 13.3. The van der Waals surface area contributed by atoms with Gasteiger partial charge in [-0.1, -0.05) is 36.7 Å². The molecule has 5 atom stereocenters. The standard InChI is InChI=1S/C37H45ClF2N4O5S/c1-24-6-5-8-32(48-2)30-13-10-28(30)19-43-18-27-9-12-29(38)16-25(27)7-3-4-15-49-33-14-11-26(17-31(33)43)34(45)41-50(47,20-24)42-35(46)44-22-36(23-44)21-37(36,39)40/h5,8-9,11-12,14,16-17,24,28,30,32H,3-4,6-7,10,13,15,18-23H2,1-2H3,(H,41,42,45,46,47)/b8-5+/t24-,28-,30+,32-,50?/m0/s1. The number of carbonyl (C=O) groups is 2. The Morgan fingerprint density at radius 2 is 1.94 bits per heavy atom. The van der Waals surface area contributed by atoms with Crippen LogP contribution in [0.5, 0.6) is 5.75 Å². The van der Waals surface area contributed by atoms with Crippen molar-refractivity contribution >= 4 is 39.1 Å². The smallest absolute Gasteiger partial charge is 0.329 e. The number of halogens is 3. The van der Waals surface area contributed by atoms with Crippen molar-refractivity contribution in [3.05, 3.63) is 70.3 Å². The van der Waals surface area contributed by atoms with Crippen molar-refractivity contribution in [3.63, 3.8) is 0 Å². The summed E-state index contributed by atoms with van der Waals surface area (Å²) in [5.74, 6) is -2.57. The predicted octanol–water partition coefficient (Wildman–Crippen LogP) is 7.27. The normalized spacial score (nSPS) is 30.9. The summed E-state index contributed by atoms with van der Waals surface area (Å²) >= 11 is 6.44. The lowest BCUT2D eigenvalue weighted by Gasteiger charge is -2.43. The first-order valence-electron chi connectivity index (χ1n) is 17.6. The highest BCUT2D eigenvalue weighted by molar-refractivity contribution is 7.92. The van der Waals surface area contributed by atoms with E-state index in [-0.39, 0.29) is 48.8 Å². The van der Waals surface area contributed by atoms with Gasteiger partial charge in [-0.3, -0.25) is 9.52 Å². The van der Waals surface area contributed by atoms with Gasteiger partial charge in [0.05, 0.1) is 29.6 Å². The molecule has 13 heteroatoms. The maximum Gasteiger partial charge on any atom is 0.329 e. The molecule has 2 bridgehead atoms. The number of hydrogen-bond donors (Lipinski definition) is 1. The second-order valence-electron chi connectivity index (χ2n) is 14.9. The first-order chi connectivity index (χ1) is 23.9. The fourth-order valence-corrected chi connectivity index (χ4v) is 10.0. The van der Waals surface area contributed by atoms with Crippen LogP contribution >= 0.6 is 11.6 Å². The number of ether oxygens (including phenoxy) is 2. The van der Waals surface area contributed by atoms with Crippen LogP contribution in [0.15, 0.2) is 52.9 Å². The third-order valence-electron chi connectivity index (χ3n) is 11.1. The van der Waals surface area contributed by atoms with E-state index in [1.165, 1.54) is 10.5 Å². The number of likely N-dealkylation sites (tertiary alicyclic amines) is 1. The molecule has 1 unspecified atom stereocenters. The van der Waals surface area contributed by atoms with Gasteiger partial charge in [-0.25, -0.2) is 17.8 Å². The summed E-state index contributed by atoms with van der Waals surface area (Å²) in [6.07, 6.45) is 8.94. The van der Waals surface area contributed by atoms with Gasteiger partial charge in [-0.05, 0) is 97.7 Å². The van der Waals surface area contributed by atoms with Crippen LogP contribution in [0.1, 0.15) is 66.9 Å². The first kappa shape index (κ1) is 35.2. The highest BCUT2D eigenvalue weighted by Gasteiger charge is 2.76. The lowest BCUT2D eigenvalue weighted by atomic mass is 9.70. The Bertz CT molecular complexity index is 1810. The summed E-state index contributed by atoms with van der Waals surface area (Å²) < 4.78 is 61.1. The largest absolute Gasteiger partial charge is 0.491 e. The lowest BCUT2D eigenvalue weighted by molar-refractivity contribution is -0.00404. The Hall–Kier alpha value is -3.22. The van der Waals surface area contributed by atoms with E-state index < -0.39 is 33.2 Å². The van der Waals surface area contributed by atoms with Crippen LogP contribution in [0, 0.1) is 23.2 Å². The number of benzene rings is 2. The molecule has 2 aliphatic carbocycles. The van der Waals surface area contributed by atoms with Gasteiger partial charge in [0.1, 0.15) is 15.7 Å². The Morgan fingerprint density at radius 1 is 1.14 bits per heavy atom. The van der Waals surface area contributed by atoms with Crippen LogP contribution in [-0.2, 0) is 27.6 Å². The van der Waals surface area contributed by atoms with Gasteiger partial charge in [-0.15, -0.1) is 4.36 Å². The van der Waals surface area contributed by atoms with E-state index in [1.54, 1.807) is 25.3 Å². The van der Waals surface area contributed by atoms with Crippen LogP contribution in [0.2, 0.25) is 5.02 Å².